The predicted octanol–water partition coefficient (Wildman–Crippen LogP) is 2.88. The van der Waals surface area contributed by atoms with Crippen molar-refractivity contribution in [1.82, 2.24) is 0 Å². The molecule has 0 spiro atoms. The Morgan fingerprint density at radius 1 is 1.17 bits per heavy atom. The molecule has 1 heterocycles. The summed E-state index contributed by atoms with van der Waals surface area (Å²) in [6.07, 6.45) is 4.08. The standard InChI is InChI=1S/C15H25NO2/c1-12-10-13(2,3)4-5-15(12,17)14(11-16)6-8-18-9-7-14/h12,17H,4-10H2,1-3H3. The van der Waals surface area contributed by atoms with Crippen LogP contribution in [0, 0.1) is 28.1 Å². The molecular weight excluding hydrogens is 226 g/mol. The lowest BCUT2D eigenvalue weighted by atomic mass is 9.54. The van der Waals surface area contributed by atoms with Crippen LogP contribution in [-0.4, -0.2) is 23.9 Å². The van der Waals surface area contributed by atoms with Gasteiger partial charge in [0.05, 0.1) is 17.1 Å². The van der Waals surface area contributed by atoms with E-state index in [-0.39, 0.29) is 11.3 Å². The van der Waals surface area contributed by atoms with E-state index in [4.69, 9.17) is 4.74 Å². The van der Waals surface area contributed by atoms with Crippen LogP contribution in [0.2, 0.25) is 0 Å². The highest BCUT2D eigenvalue weighted by Crippen LogP contribution is 2.54. The minimum absolute atomic E-state index is 0.180. The van der Waals surface area contributed by atoms with Crippen molar-refractivity contribution >= 4 is 0 Å². The molecule has 0 aromatic heterocycles. The monoisotopic (exact) mass is 251 g/mol. The van der Waals surface area contributed by atoms with Crippen LogP contribution in [-0.2, 0) is 4.74 Å². The van der Waals surface area contributed by atoms with Gasteiger partial charge in [-0.3, -0.25) is 0 Å². The summed E-state index contributed by atoms with van der Waals surface area (Å²) in [4.78, 5) is 0. The zero-order valence-corrected chi connectivity index (χ0v) is 11.8. The Bertz CT molecular complexity index is 352. The summed E-state index contributed by atoms with van der Waals surface area (Å²) in [6, 6.07) is 2.46. The minimum Gasteiger partial charge on any atom is -0.388 e. The van der Waals surface area contributed by atoms with Crippen molar-refractivity contribution in [3.8, 4) is 6.07 Å². The maximum atomic E-state index is 11.2. The van der Waals surface area contributed by atoms with Crippen molar-refractivity contribution in [3.05, 3.63) is 0 Å². The molecule has 1 N–H and O–H groups in total. The number of ether oxygens (including phenoxy) is 1. The van der Waals surface area contributed by atoms with Crippen LogP contribution in [0.1, 0.15) is 52.9 Å². The van der Waals surface area contributed by atoms with Crippen LogP contribution in [0.3, 0.4) is 0 Å². The zero-order valence-electron chi connectivity index (χ0n) is 11.8. The predicted molar refractivity (Wildman–Crippen MR) is 69.8 cm³/mol. The molecule has 2 atom stereocenters. The first-order valence-corrected chi connectivity index (χ1v) is 7.07. The molecule has 1 saturated heterocycles. The Balaban J connectivity index is 2.27. The van der Waals surface area contributed by atoms with E-state index < -0.39 is 11.0 Å². The summed E-state index contributed by atoms with van der Waals surface area (Å²) in [5, 5.41) is 20.8. The SMILES string of the molecule is CC1CC(C)(C)CCC1(O)C1(C#N)CCOCC1. The summed E-state index contributed by atoms with van der Waals surface area (Å²) >= 11 is 0. The van der Waals surface area contributed by atoms with Crippen molar-refractivity contribution in [3.63, 3.8) is 0 Å². The highest BCUT2D eigenvalue weighted by Gasteiger charge is 2.57. The van der Waals surface area contributed by atoms with E-state index in [1.165, 1.54) is 0 Å². The summed E-state index contributed by atoms with van der Waals surface area (Å²) in [7, 11) is 0. The Morgan fingerprint density at radius 2 is 1.78 bits per heavy atom. The molecule has 0 aromatic rings. The summed E-state index contributed by atoms with van der Waals surface area (Å²) in [5.41, 5.74) is -1.14. The molecule has 3 nitrogen and oxygen atoms in total. The molecular formula is C15H25NO2. The second-order valence-electron chi connectivity index (χ2n) is 7.00. The molecule has 102 valence electrons. The fourth-order valence-electron chi connectivity index (χ4n) is 3.95. The molecule has 2 aliphatic rings. The van der Waals surface area contributed by atoms with Crippen LogP contribution >= 0.6 is 0 Å². The van der Waals surface area contributed by atoms with E-state index in [2.05, 4.69) is 26.8 Å². The molecule has 1 aliphatic heterocycles. The number of hydrogen-bond acceptors (Lipinski definition) is 3. The van der Waals surface area contributed by atoms with E-state index in [1.54, 1.807) is 0 Å². The van der Waals surface area contributed by atoms with Gasteiger partial charge in [-0.15, -0.1) is 0 Å². The molecule has 0 bridgehead atoms. The number of rotatable bonds is 1. The Hall–Kier alpha value is -0.590. The van der Waals surface area contributed by atoms with E-state index in [0.717, 1.165) is 19.3 Å². The maximum absolute atomic E-state index is 11.2. The molecule has 2 rings (SSSR count). The molecule has 2 unspecified atom stereocenters. The second-order valence-corrected chi connectivity index (χ2v) is 7.00. The molecule has 3 heteroatoms. The molecule has 0 amide bonds. The summed E-state index contributed by atoms with van der Waals surface area (Å²) in [5.74, 6) is 0.180. The van der Waals surface area contributed by atoms with Gasteiger partial charge in [0, 0.05) is 13.2 Å². The number of aliphatic hydroxyl groups is 1. The fourth-order valence-corrected chi connectivity index (χ4v) is 3.95. The van der Waals surface area contributed by atoms with Crippen LogP contribution < -0.4 is 0 Å². The average Bonchev–Trinajstić information content (AvgIpc) is 2.35. The number of nitriles is 1. The maximum Gasteiger partial charge on any atom is 0.0906 e. The van der Waals surface area contributed by atoms with Gasteiger partial charge in [-0.05, 0) is 43.4 Å². The highest BCUT2D eigenvalue weighted by molar-refractivity contribution is 5.15. The molecule has 0 aromatic carbocycles. The lowest BCUT2D eigenvalue weighted by molar-refractivity contribution is -0.165. The van der Waals surface area contributed by atoms with Gasteiger partial charge in [-0.2, -0.15) is 5.26 Å². The topological polar surface area (TPSA) is 53.2 Å². The molecule has 2 fully saturated rings. The average molecular weight is 251 g/mol. The minimum atomic E-state index is -0.832. The van der Waals surface area contributed by atoms with Gasteiger partial charge in [-0.25, -0.2) is 0 Å². The normalized spacial score (nSPS) is 38.9. The Kier molecular flexibility index (Phi) is 3.46. The fraction of sp³-hybridized carbons (Fsp3) is 0.933. The van der Waals surface area contributed by atoms with Crippen LogP contribution in [0.5, 0.6) is 0 Å². The second kappa shape index (κ2) is 4.51. The first-order chi connectivity index (χ1) is 8.35. The van der Waals surface area contributed by atoms with Gasteiger partial charge in [0.25, 0.3) is 0 Å². The van der Waals surface area contributed by atoms with Crippen molar-refractivity contribution in [2.75, 3.05) is 13.2 Å². The van der Waals surface area contributed by atoms with Crippen LogP contribution in [0.15, 0.2) is 0 Å². The van der Waals surface area contributed by atoms with Gasteiger partial charge in [-0.1, -0.05) is 20.8 Å². The molecule has 1 saturated carbocycles. The summed E-state index contributed by atoms with van der Waals surface area (Å²) < 4.78 is 5.38. The summed E-state index contributed by atoms with van der Waals surface area (Å²) in [6.45, 7) is 7.83. The van der Waals surface area contributed by atoms with Crippen LogP contribution in [0.25, 0.3) is 0 Å². The number of hydrogen-bond donors (Lipinski definition) is 1. The molecule has 1 aliphatic carbocycles. The third kappa shape index (κ3) is 2.06. The zero-order chi connectivity index (χ0) is 13.4. The van der Waals surface area contributed by atoms with E-state index >= 15 is 0 Å². The van der Waals surface area contributed by atoms with E-state index in [9.17, 15) is 10.4 Å². The van der Waals surface area contributed by atoms with Crippen LogP contribution in [0.4, 0.5) is 0 Å². The molecule has 0 radical (unpaired) electrons. The van der Waals surface area contributed by atoms with Crippen molar-refractivity contribution < 1.29 is 9.84 Å². The van der Waals surface area contributed by atoms with E-state index in [1.807, 2.05) is 0 Å². The lowest BCUT2D eigenvalue weighted by Crippen LogP contribution is -2.57. The lowest BCUT2D eigenvalue weighted by Gasteiger charge is -2.53. The van der Waals surface area contributed by atoms with E-state index in [0.29, 0.717) is 26.1 Å². The van der Waals surface area contributed by atoms with Gasteiger partial charge in [0.1, 0.15) is 0 Å². The Morgan fingerprint density at radius 3 is 2.28 bits per heavy atom. The Labute approximate surface area is 110 Å². The first-order valence-electron chi connectivity index (χ1n) is 7.07. The first kappa shape index (κ1) is 13.8. The quantitative estimate of drug-likeness (QED) is 0.779. The van der Waals surface area contributed by atoms with Crippen molar-refractivity contribution in [2.45, 2.75) is 58.5 Å². The smallest absolute Gasteiger partial charge is 0.0906 e. The third-order valence-corrected chi connectivity index (χ3v) is 5.25. The van der Waals surface area contributed by atoms with Gasteiger partial charge in [0.15, 0.2) is 0 Å². The largest absolute Gasteiger partial charge is 0.388 e. The highest BCUT2D eigenvalue weighted by atomic mass is 16.5. The van der Waals surface area contributed by atoms with Gasteiger partial charge < -0.3 is 9.84 Å². The van der Waals surface area contributed by atoms with Gasteiger partial charge >= 0.3 is 0 Å². The van der Waals surface area contributed by atoms with Crippen molar-refractivity contribution in [1.29, 1.82) is 5.26 Å². The third-order valence-electron chi connectivity index (χ3n) is 5.25. The number of nitrogens with zero attached hydrogens (tertiary/aromatic N) is 1. The van der Waals surface area contributed by atoms with Crippen molar-refractivity contribution in [2.24, 2.45) is 16.7 Å². The molecule has 18 heavy (non-hydrogen) atoms. The van der Waals surface area contributed by atoms with Gasteiger partial charge in [0.2, 0.25) is 0 Å².